The van der Waals surface area contributed by atoms with Crippen LogP contribution in [0.25, 0.3) is 0 Å². The standard InChI is InChI=1S/C9H6F3NO/c1-6-3-2-4-7(5-13)8(6)14-9(10,11)12/h2-4H,1H3. The summed E-state index contributed by atoms with van der Waals surface area (Å²) in [6.45, 7) is 1.45. The lowest BCUT2D eigenvalue weighted by Gasteiger charge is -2.12. The van der Waals surface area contributed by atoms with Gasteiger partial charge in [0.15, 0.2) is 0 Å². The van der Waals surface area contributed by atoms with Crippen molar-refractivity contribution in [1.82, 2.24) is 0 Å². The monoisotopic (exact) mass is 201 g/mol. The minimum absolute atomic E-state index is 0.123. The average molecular weight is 201 g/mol. The zero-order valence-electron chi connectivity index (χ0n) is 7.22. The fourth-order valence-corrected chi connectivity index (χ4v) is 0.992. The van der Waals surface area contributed by atoms with Gasteiger partial charge < -0.3 is 4.74 Å². The highest BCUT2D eigenvalue weighted by molar-refractivity contribution is 5.47. The molecular weight excluding hydrogens is 195 g/mol. The highest BCUT2D eigenvalue weighted by atomic mass is 19.4. The third kappa shape index (κ3) is 2.39. The fourth-order valence-electron chi connectivity index (χ4n) is 0.992. The summed E-state index contributed by atoms with van der Waals surface area (Å²) in [7, 11) is 0. The summed E-state index contributed by atoms with van der Waals surface area (Å²) < 4.78 is 39.5. The Bertz CT molecular complexity index is 379. The van der Waals surface area contributed by atoms with E-state index in [1.54, 1.807) is 6.07 Å². The number of halogens is 3. The molecule has 0 radical (unpaired) electrons. The lowest BCUT2D eigenvalue weighted by Crippen LogP contribution is -2.18. The van der Waals surface area contributed by atoms with Crippen molar-refractivity contribution in [2.24, 2.45) is 0 Å². The van der Waals surface area contributed by atoms with E-state index in [2.05, 4.69) is 4.74 Å². The van der Waals surface area contributed by atoms with Crippen molar-refractivity contribution in [2.45, 2.75) is 13.3 Å². The van der Waals surface area contributed by atoms with Gasteiger partial charge in [-0.15, -0.1) is 13.2 Å². The maximum atomic E-state index is 11.9. The first-order valence-corrected chi connectivity index (χ1v) is 3.69. The summed E-state index contributed by atoms with van der Waals surface area (Å²) in [5.74, 6) is -0.428. The molecule has 0 amide bonds. The quantitative estimate of drug-likeness (QED) is 0.699. The Morgan fingerprint density at radius 2 is 2.00 bits per heavy atom. The van der Waals surface area contributed by atoms with Crippen molar-refractivity contribution in [3.63, 3.8) is 0 Å². The van der Waals surface area contributed by atoms with Gasteiger partial charge >= 0.3 is 6.36 Å². The number of nitriles is 1. The molecule has 0 saturated carbocycles. The third-order valence-corrected chi connectivity index (χ3v) is 1.55. The molecule has 74 valence electrons. The topological polar surface area (TPSA) is 33.0 Å². The normalized spacial score (nSPS) is 10.8. The molecular formula is C9H6F3NO. The smallest absolute Gasteiger partial charge is 0.404 e. The molecule has 14 heavy (non-hydrogen) atoms. The number of aryl methyl sites for hydroxylation is 1. The summed E-state index contributed by atoms with van der Waals surface area (Å²) in [5, 5.41) is 8.54. The molecule has 0 aliphatic carbocycles. The zero-order valence-corrected chi connectivity index (χ0v) is 7.22. The highest BCUT2D eigenvalue weighted by Gasteiger charge is 2.32. The van der Waals surface area contributed by atoms with E-state index < -0.39 is 12.1 Å². The van der Waals surface area contributed by atoms with Crippen molar-refractivity contribution in [1.29, 1.82) is 5.26 Å². The Balaban J connectivity index is 3.13. The van der Waals surface area contributed by atoms with E-state index in [1.807, 2.05) is 0 Å². The average Bonchev–Trinajstić information content (AvgIpc) is 2.06. The predicted octanol–water partition coefficient (Wildman–Crippen LogP) is 2.77. The summed E-state index contributed by atoms with van der Waals surface area (Å²) >= 11 is 0. The summed E-state index contributed by atoms with van der Waals surface area (Å²) in [6, 6.07) is 5.85. The van der Waals surface area contributed by atoms with Crippen LogP contribution >= 0.6 is 0 Å². The number of rotatable bonds is 1. The van der Waals surface area contributed by atoms with Crippen LogP contribution in [0.3, 0.4) is 0 Å². The first-order chi connectivity index (χ1) is 6.44. The van der Waals surface area contributed by atoms with Gasteiger partial charge in [-0.2, -0.15) is 5.26 Å². The number of hydrogen-bond donors (Lipinski definition) is 0. The van der Waals surface area contributed by atoms with Gasteiger partial charge in [0.25, 0.3) is 0 Å². The van der Waals surface area contributed by atoms with Crippen LogP contribution in [0.2, 0.25) is 0 Å². The number of para-hydroxylation sites is 1. The minimum atomic E-state index is -4.77. The van der Waals surface area contributed by atoms with E-state index >= 15 is 0 Å². The largest absolute Gasteiger partial charge is 0.573 e. The van der Waals surface area contributed by atoms with Gasteiger partial charge in [-0.25, -0.2) is 0 Å². The molecule has 1 aromatic rings. The molecule has 0 aromatic heterocycles. The van der Waals surface area contributed by atoms with Gasteiger partial charge in [0.1, 0.15) is 11.8 Å². The van der Waals surface area contributed by atoms with E-state index in [-0.39, 0.29) is 11.1 Å². The van der Waals surface area contributed by atoms with Crippen LogP contribution in [0.1, 0.15) is 11.1 Å². The summed E-state index contributed by atoms with van der Waals surface area (Å²) in [5.41, 5.74) is 0.156. The van der Waals surface area contributed by atoms with E-state index in [0.717, 1.165) is 0 Å². The molecule has 0 N–H and O–H groups in total. The van der Waals surface area contributed by atoms with Crippen LogP contribution < -0.4 is 4.74 Å². The zero-order chi connectivity index (χ0) is 10.8. The molecule has 0 fully saturated rings. The second-order valence-electron chi connectivity index (χ2n) is 2.61. The van der Waals surface area contributed by atoms with Crippen molar-refractivity contribution in [3.05, 3.63) is 29.3 Å². The molecule has 0 aliphatic heterocycles. The van der Waals surface area contributed by atoms with E-state index in [1.165, 1.54) is 25.1 Å². The van der Waals surface area contributed by atoms with Crippen molar-refractivity contribution in [3.8, 4) is 11.8 Å². The van der Waals surface area contributed by atoms with Gasteiger partial charge in [0, 0.05) is 0 Å². The molecule has 0 unspecified atom stereocenters. The van der Waals surface area contributed by atoms with Crippen molar-refractivity contribution in [2.75, 3.05) is 0 Å². The van der Waals surface area contributed by atoms with Crippen molar-refractivity contribution < 1.29 is 17.9 Å². The Morgan fingerprint density at radius 3 is 2.50 bits per heavy atom. The maximum absolute atomic E-state index is 11.9. The summed E-state index contributed by atoms with van der Waals surface area (Å²) in [4.78, 5) is 0. The molecule has 0 bridgehead atoms. The maximum Gasteiger partial charge on any atom is 0.573 e. The predicted molar refractivity (Wildman–Crippen MR) is 42.6 cm³/mol. The third-order valence-electron chi connectivity index (χ3n) is 1.55. The lowest BCUT2D eigenvalue weighted by molar-refractivity contribution is -0.274. The molecule has 0 atom stereocenters. The van der Waals surface area contributed by atoms with E-state index in [0.29, 0.717) is 0 Å². The molecule has 0 saturated heterocycles. The number of ether oxygens (including phenoxy) is 1. The fraction of sp³-hybridized carbons (Fsp3) is 0.222. The number of alkyl halides is 3. The Morgan fingerprint density at radius 1 is 1.36 bits per heavy atom. The second kappa shape index (κ2) is 3.58. The molecule has 5 heteroatoms. The van der Waals surface area contributed by atoms with Gasteiger partial charge in [0.05, 0.1) is 5.56 Å². The van der Waals surface area contributed by atoms with Gasteiger partial charge in [0.2, 0.25) is 0 Å². The molecule has 0 spiro atoms. The summed E-state index contributed by atoms with van der Waals surface area (Å²) in [6.07, 6.45) is -4.77. The number of benzene rings is 1. The Hall–Kier alpha value is -1.70. The van der Waals surface area contributed by atoms with Crippen LogP contribution in [0.15, 0.2) is 18.2 Å². The Labute approximate surface area is 78.5 Å². The van der Waals surface area contributed by atoms with Gasteiger partial charge in [-0.05, 0) is 18.6 Å². The lowest BCUT2D eigenvalue weighted by atomic mass is 10.1. The molecule has 0 heterocycles. The van der Waals surface area contributed by atoms with Crippen LogP contribution in [-0.4, -0.2) is 6.36 Å². The first-order valence-electron chi connectivity index (χ1n) is 3.69. The molecule has 1 rings (SSSR count). The van der Waals surface area contributed by atoms with Gasteiger partial charge in [-0.1, -0.05) is 12.1 Å². The van der Waals surface area contributed by atoms with Crippen molar-refractivity contribution >= 4 is 0 Å². The van der Waals surface area contributed by atoms with E-state index in [9.17, 15) is 13.2 Å². The highest BCUT2D eigenvalue weighted by Crippen LogP contribution is 2.28. The Kier molecular flexibility index (Phi) is 2.65. The minimum Gasteiger partial charge on any atom is -0.404 e. The van der Waals surface area contributed by atoms with Gasteiger partial charge in [-0.3, -0.25) is 0 Å². The van der Waals surface area contributed by atoms with Crippen LogP contribution in [0, 0.1) is 18.3 Å². The van der Waals surface area contributed by atoms with E-state index in [4.69, 9.17) is 5.26 Å². The van der Waals surface area contributed by atoms with Crippen LogP contribution in [0.4, 0.5) is 13.2 Å². The number of nitrogens with zero attached hydrogens (tertiary/aromatic N) is 1. The molecule has 0 aliphatic rings. The number of hydrogen-bond acceptors (Lipinski definition) is 2. The molecule has 2 nitrogen and oxygen atoms in total. The SMILES string of the molecule is Cc1cccc(C#N)c1OC(F)(F)F. The van der Waals surface area contributed by atoms with Crippen LogP contribution in [-0.2, 0) is 0 Å². The second-order valence-corrected chi connectivity index (χ2v) is 2.61. The molecule has 1 aromatic carbocycles. The van der Waals surface area contributed by atoms with Crippen LogP contribution in [0.5, 0.6) is 5.75 Å². The first kappa shape index (κ1) is 10.4.